The number of amides is 1. The molecule has 6 heteroatoms. The summed E-state index contributed by atoms with van der Waals surface area (Å²) >= 11 is 6.31. The van der Waals surface area contributed by atoms with Crippen LogP contribution in [0.2, 0.25) is 5.02 Å². The zero-order chi connectivity index (χ0) is 22.8. The molecule has 3 aromatic carbocycles. The average molecular weight is 462 g/mol. The molecule has 1 fully saturated rings. The topological polar surface area (TPSA) is 46.9 Å². The Hall–Kier alpha value is -3.18. The highest BCUT2D eigenvalue weighted by Crippen LogP contribution is 2.27. The van der Waals surface area contributed by atoms with E-state index in [4.69, 9.17) is 11.6 Å². The van der Waals surface area contributed by atoms with Crippen molar-refractivity contribution in [2.75, 3.05) is 0 Å². The van der Waals surface area contributed by atoms with Gasteiger partial charge in [-0.1, -0.05) is 73.3 Å². The van der Waals surface area contributed by atoms with E-state index in [1.807, 2.05) is 36.4 Å². The first-order valence-electron chi connectivity index (χ1n) is 11.4. The Labute approximate surface area is 197 Å². The van der Waals surface area contributed by atoms with Gasteiger partial charge in [-0.2, -0.15) is 5.10 Å². The number of carbonyl (C=O) groups is 1. The fourth-order valence-electron chi connectivity index (χ4n) is 4.68. The van der Waals surface area contributed by atoms with Gasteiger partial charge in [0.15, 0.2) is 0 Å². The molecular weight excluding hydrogens is 437 g/mol. The van der Waals surface area contributed by atoms with Crippen molar-refractivity contribution < 1.29 is 9.18 Å². The first kappa shape index (κ1) is 21.7. The van der Waals surface area contributed by atoms with E-state index in [9.17, 15) is 9.18 Å². The van der Waals surface area contributed by atoms with Crippen LogP contribution in [0.5, 0.6) is 0 Å². The van der Waals surface area contributed by atoms with Crippen LogP contribution < -0.4 is 5.32 Å². The van der Waals surface area contributed by atoms with E-state index < -0.39 is 0 Å². The predicted octanol–water partition coefficient (Wildman–Crippen LogP) is 6.61. The fraction of sp³-hybridized carbons (Fsp3) is 0.259. The van der Waals surface area contributed by atoms with Crippen molar-refractivity contribution in [3.63, 3.8) is 0 Å². The lowest BCUT2D eigenvalue weighted by atomic mass is 9.95. The number of rotatable bonds is 5. The van der Waals surface area contributed by atoms with Gasteiger partial charge >= 0.3 is 0 Å². The molecule has 1 aliphatic carbocycles. The largest absolute Gasteiger partial charge is 0.349 e. The Balaban J connectivity index is 1.45. The molecule has 0 radical (unpaired) electrons. The number of nitrogens with one attached hydrogen (secondary N) is 1. The molecule has 0 spiro atoms. The van der Waals surface area contributed by atoms with Crippen LogP contribution in [0.3, 0.4) is 0 Å². The highest BCUT2D eigenvalue weighted by Gasteiger charge is 2.21. The molecule has 5 rings (SSSR count). The summed E-state index contributed by atoms with van der Waals surface area (Å²) in [6, 6.07) is 18.4. The van der Waals surface area contributed by atoms with E-state index in [1.165, 1.54) is 12.5 Å². The van der Waals surface area contributed by atoms with Crippen LogP contribution in [0, 0.1) is 5.82 Å². The molecule has 1 heterocycles. The zero-order valence-electron chi connectivity index (χ0n) is 18.2. The molecule has 0 saturated heterocycles. The van der Waals surface area contributed by atoms with Crippen LogP contribution in [0.4, 0.5) is 4.39 Å². The van der Waals surface area contributed by atoms with E-state index in [0.29, 0.717) is 28.2 Å². The molecule has 1 aliphatic rings. The number of carbonyl (C=O) groups excluding carboxylic acids is 1. The molecule has 1 amide bonds. The Bertz CT molecular complexity index is 1300. The highest BCUT2D eigenvalue weighted by molar-refractivity contribution is 6.32. The number of fused-ring (bicyclic) bond motifs is 1. The second-order valence-electron chi connectivity index (χ2n) is 8.68. The van der Waals surface area contributed by atoms with Gasteiger partial charge in [0.25, 0.3) is 5.91 Å². The van der Waals surface area contributed by atoms with Gasteiger partial charge in [-0.25, -0.2) is 4.39 Å². The second-order valence-corrected chi connectivity index (χ2v) is 9.12. The lowest BCUT2D eigenvalue weighted by molar-refractivity contribution is 0.0929. The lowest BCUT2D eigenvalue weighted by Gasteiger charge is -2.23. The van der Waals surface area contributed by atoms with Gasteiger partial charge in [0.2, 0.25) is 0 Å². The Morgan fingerprint density at radius 1 is 1.06 bits per heavy atom. The van der Waals surface area contributed by atoms with Crippen molar-refractivity contribution in [3.05, 3.63) is 88.8 Å². The number of nitrogens with zero attached hydrogens (tertiary/aromatic N) is 2. The van der Waals surface area contributed by atoms with Gasteiger partial charge in [0, 0.05) is 22.0 Å². The molecule has 4 nitrogen and oxygen atoms in total. The molecule has 0 atom stereocenters. The Kier molecular flexibility index (Phi) is 6.14. The van der Waals surface area contributed by atoms with Crippen molar-refractivity contribution in [1.29, 1.82) is 0 Å². The van der Waals surface area contributed by atoms with Crippen LogP contribution >= 0.6 is 11.6 Å². The van der Waals surface area contributed by atoms with E-state index >= 15 is 0 Å². The molecule has 0 aliphatic heterocycles. The van der Waals surface area contributed by atoms with Gasteiger partial charge in [0.1, 0.15) is 5.82 Å². The maximum Gasteiger partial charge on any atom is 0.253 e. The van der Waals surface area contributed by atoms with Crippen molar-refractivity contribution >= 4 is 28.4 Å². The number of hydrogen-bond donors (Lipinski definition) is 1. The predicted molar refractivity (Wildman–Crippen MR) is 130 cm³/mol. The van der Waals surface area contributed by atoms with Crippen molar-refractivity contribution in [2.45, 2.75) is 44.7 Å². The molecular formula is C27H25ClFN3O. The summed E-state index contributed by atoms with van der Waals surface area (Å²) < 4.78 is 16.6. The van der Waals surface area contributed by atoms with Crippen molar-refractivity contribution in [2.24, 2.45) is 0 Å². The number of benzene rings is 3. The average Bonchev–Trinajstić information content (AvgIpc) is 3.22. The van der Waals surface area contributed by atoms with Gasteiger partial charge in [0.05, 0.1) is 23.8 Å². The summed E-state index contributed by atoms with van der Waals surface area (Å²) in [7, 11) is 0. The van der Waals surface area contributed by atoms with E-state index in [0.717, 1.165) is 42.2 Å². The summed E-state index contributed by atoms with van der Waals surface area (Å²) in [5.41, 5.74) is 3.37. The van der Waals surface area contributed by atoms with Gasteiger partial charge in [-0.05, 0) is 42.2 Å². The fourth-order valence-corrected chi connectivity index (χ4v) is 4.91. The van der Waals surface area contributed by atoms with Gasteiger partial charge < -0.3 is 5.32 Å². The molecule has 1 aromatic heterocycles. The first-order chi connectivity index (χ1) is 16.1. The molecule has 168 valence electrons. The standard InChI is InChI=1S/C27H25ClFN3O/c28-21-14-20-16-30-32(26(20)24(15-21)27(33)31-22-9-5-2-6-10-22)17-18-11-12-23(25(29)13-18)19-7-3-1-4-8-19/h1,3-4,7-8,11-16,22H,2,5-6,9-10,17H2,(H,31,33). The number of halogens is 2. The normalized spacial score (nSPS) is 14.5. The number of aromatic nitrogens is 2. The quantitative estimate of drug-likeness (QED) is 0.363. The second kappa shape index (κ2) is 9.36. The minimum Gasteiger partial charge on any atom is -0.349 e. The minimum absolute atomic E-state index is 0.137. The Morgan fingerprint density at radius 3 is 2.61 bits per heavy atom. The van der Waals surface area contributed by atoms with Crippen molar-refractivity contribution in [3.8, 4) is 11.1 Å². The summed E-state index contributed by atoms with van der Waals surface area (Å²) in [5, 5.41) is 8.94. The molecule has 4 aromatic rings. The summed E-state index contributed by atoms with van der Waals surface area (Å²) in [6.45, 7) is 0.348. The lowest BCUT2D eigenvalue weighted by Crippen LogP contribution is -2.36. The molecule has 33 heavy (non-hydrogen) atoms. The smallest absolute Gasteiger partial charge is 0.253 e. The third-order valence-corrected chi connectivity index (χ3v) is 6.55. The van der Waals surface area contributed by atoms with Crippen LogP contribution in [-0.4, -0.2) is 21.7 Å². The van der Waals surface area contributed by atoms with Crippen LogP contribution in [0.25, 0.3) is 22.0 Å². The van der Waals surface area contributed by atoms with E-state index in [1.54, 1.807) is 29.1 Å². The summed E-state index contributed by atoms with van der Waals surface area (Å²) in [5.74, 6) is -0.421. The molecule has 0 unspecified atom stereocenters. The first-order valence-corrected chi connectivity index (χ1v) is 11.8. The maximum atomic E-state index is 14.9. The summed E-state index contributed by atoms with van der Waals surface area (Å²) in [4.78, 5) is 13.2. The third-order valence-electron chi connectivity index (χ3n) is 6.33. The van der Waals surface area contributed by atoms with Gasteiger partial charge in [-0.15, -0.1) is 0 Å². The third kappa shape index (κ3) is 4.64. The SMILES string of the molecule is O=C(NC1CCCCC1)c1cc(Cl)cc2cnn(Cc3ccc(-c4ccccc4)c(F)c3)c12. The van der Waals surface area contributed by atoms with Crippen molar-refractivity contribution in [1.82, 2.24) is 15.1 Å². The zero-order valence-corrected chi connectivity index (χ0v) is 19.0. The summed E-state index contributed by atoms with van der Waals surface area (Å²) in [6.07, 6.45) is 7.20. The number of hydrogen-bond acceptors (Lipinski definition) is 2. The monoisotopic (exact) mass is 461 g/mol. The van der Waals surface area contributed by atoms with Gasteiger partial charge in [-0.3, -0.25) is 9.48 Å². The Morgan fingerprint density at radius 2 is 1.85 bits per heavy atom. The highest BCUT2D eigenvalue weighted by atomic mass is 35.5. The van der Waals surface area contributed by atoms with E-state index in [2.05, 4.69) is 10.4 Å². The van der Waals surface area contributed by atoms with Crippen LogP contribution in [-0.2, 0) is 6.54 Å². The molecule has 1 saturated carbocycles. The maximum absolute atomic E-state index is 14.9. The van der Waals surface area contributed by atoms with Crippen LogP contribution in [0.15, 0.2) is 66.9 Å². The van der Waals surface area contributed by atoms with E-state index in [-0.39, 0.29) is 17.8 Å². The molecule has 0 bridgehead atoms. The minimum atomic E-state index is -0.284. The van der Waals surface area contributed by atoms with Crippen LogP contribution in [0.1, 0.15) is 48.0 Å². The molecule has 1 N–H and O–H groups in total.